The molecule has 0 unspecified atom stereocenters. The summed E-state index contributed by atoms with van der Waals surface area (Å²) in [7, 11) is 0. The van der Waals surface area contributed by atoms with E-state index in [1.165, 1.54) is 41.0 Å². The van der Waals surface area contributed by atoms with Gasteiger partial charge in [-0.3, -0.25) is 0 Å². The first-order chi connectivity index (χ1) is 12.1. The van der Waals surface area contributed by atoms with Crippen molar-refractivity contribution in [1.82, 2.24) is 0 Å². The topological polar surface area (TPSA) is 26.3 Å². The molecule has 0 fully saturated rings. The lowest BCUT2D eigenvalue weighted by Gasteiger charge is -2.09. The van der Waals surface area contributed by atoms with Crippen molar-refractivity contribution in [3.8, 4) is 5.75 Å². The fourth-order valence-electron chi connectivity index (χ4n) is 3.09. The number of ether oxygens (including phenoxy) is 1. The second kappa shape index (κ2) is 7.52. The molecule has 0 aromatic heterocycles. The van der Waals surface area contributed by atoms with Gasteiger partial charge in [0.15, 0.2) is 0 Å². The van der Waals surface area contributed by atoms with E-state index in [1.54, 1.807) is 6.92 Å². The van der Waals surface area contributed by atoms with Gasteiger partial charge in [0, 0.05) is 5.57 Å². The van der Waals surface area contributed by atoms with Crippen LogP contribution in [0.2, 0.25) is 0 Å². The van der Waals surface area contributed by atoms with E-state index in [9.17, 15) is 4.79 Å². The molecule has 25 heavy (non-hydrogen) atoms. The number of benzene rings is 3. The van der Waals surface area contributed by atoms with Crippen LogP contribution in [0.4, 0.5) is 0 Å². The van der Waals surface area contributed by atoms with E-state index in [0.29, 0.717) is 11.3 Å². The predicted molar refractivity (Wildman–Crippen MR) is 105 cm³/mol. The minimum absolute atomic E-state index is 0.392. The lowest BCUT2D eigenvalue weighted by atomic mass is 9.98. The maximum absolute atomic E-state index is 11.7. The summed E-state index contributed by atoms with van der Waals surface area (Å²) in [5, 5.41) is 4.73. The summed E-state index contributed by atoms with van der Waals surface area (Å²) in [4.78, 5) is 11.7. The monoisotopic (exact) mass is 332 g/mol. The molecule has 3 rings (SSSR count). The van der Waals surface area contributed by atoms with Crippen molar-refractivity contribution in [2.45, 2.75) is 39.5 Å². The van der Waals surface area contributed by atoms with Crippen molar-refractivity contribution in [1.29, 1.82) is 0 Å². The second-order valence-electron chi connectivity index (χ2n) is 6.63. The normalized spacial score (nSPS) is 11.0. The van der Waals surface area contributed by atoms with Gasteiger partial charge in [0.2, 0.25) is 0 Å². The van der Waals surface area contributed by atoms with Crippen LogP contribution in [0.5, 0.6) is 5.75 Å². The number of rotatable bonds is 6. The third-order valence-corrected chi connectivity index (χ3v) is 4.50. The molecule has 0 radical (unpaired) electrons. The van der Waals surface area contributed by atoms with Gasteiger partial charge in [-0.2, -0.15) is 0 Å². The van der Waals surface area contributed by atoms with E-state index in [0.717, 1.165) is 11.8 Å². The molecule has 0 amide bonds. The Morgan fingerprint density at radius 3 is 2.32 bits per heavy atom. The first-order valence-electron chi connectivity index (χ1n) is 8.91. The molecule has 3 aromatic rings. The van der Waals surface area contributed by atoms with Crippen molar-refractivity contribution in [2.75, 3.05) is 0 Å². The van der Waals surface area contributed by atoms with Crippen LogP contribution >= 0.6 is 0 Å². The number of hydrogen-bond donors (Lipinski definition) is 0. The number of fused-ring (bicyclic) bond motifs is 3. The maximum atomic E-state index is 11.7. The Morgan fingerprint density at radius 2 is 1.64 bits per heavy atom. The summed E-state index contributed by atoms with van der Waals surface area (Å²) < 4.78 is 5.33. The molecule has 0 aliphatic heterocycles. The first kappa shape index (κ1) is 17.2. The predicted octanol–water partition coefficient (Wildman–Crippen LogP) is 6.21. The molecule has 0 aliphatic carbocycles. The van der Waals surface area contributed by atoms with E-state index < -0.39 is 5.97 Å². The summed E-state index contributed by atoms with van der Waals surface area (Å²) >= 11 is 0. The average molecular weight is 332 g/mol. The smallest absolute Gasteiger partial charge is 0.338 e. The minimum atomic E-state index is -0.392. The summed E-state index contributed by atoms with van der Waals surface area (Å²) in [6, 6.07) is 16.7. The zero-order valence-corrected chi connectivity index (χ0v) is 15.0. The van der Waals surface area contributed by atoms with Gasteiger partial charge in [-0.1, -0.05) is 62.7 Å². The van der Waals surface area contributed by atoms with Gasteiger partial charge in [0.25, 0.3) is 0 Å². The summed E-state index contributed by atoms with van der Waals surface area (Å²) in [6.07, 6.45) is 4.91. The Bertz CT molecular complexity index is 937. The van der Waals surface area contributed by atoms with Crippen molar-refractivity contribution in [2.24, 2.45) is 0 Å². The van der Waals surface area contributed by atoms with Crippen LogP contribution in [-0.2, 0) is 11.2 Å². The molecular weight excluding hydrogens is 308 g/mol. The van der Waals surface area contributed by atoms with Gasteiger partial charge in [0.05, 0.1) is 0 Å². The molecule has 0 N–H and O–H groups in total. The van der Waals surface area contributed by atoms with Crippen LogP contribution in [0.15, 0.2) is 60.7 Å². The number of unbranched alkanes of at least 4 members (excludes halogenated alkanes) is 2. The van der Waals surface area contributed by atoms with E-state index in [1.807, 2.05) is 18.2 Å². The lowest BCUT2D eigenvalue weighted by molar-refractivity contribution is -0.130. The number of esters is 1. The van der Waals surface area contributed by atoms with Gasteiger partial charge in [-0.05, 0) is 59.0 Å². The molecule has 0 spiro atoms. The highest BCUT2D eigenvalue weighted by atomic mass is 16.5. The van der Waals surface area contributed by atoms with Crippen LogP contribution < -0.4 is 4.74 Å². The van der Waals surface area contributed by atoms with Crippen LogP contribution in [0.1, 0.15) is 38.7 Å². The quantitative estimate of drug-likeness (QED) is 0.176. The van der Waals surface area contributed by atoms with Crippen molar-refractivity contribution in [3.05, 3.63) is 66.2 Å². The van der Waals surface area contributed by atoms with Gasteiger partial charge in [-0.25, -0.2) is 4.79 Å². The molecule has 128 valence electrons. The number of carbonyl (C=O) groups excluding carboxylic acids is 1. The Labute approximate surface area is 149 Å². The highest BCUT2D eigenvalue weighted by Gasteiger charge is 2.07. The Hall–Kier alpha value is -2.61. The molecule has 2 nitrogen and oxygen atoms in total. The molecule has 0 bridgehead atoms. The average Bonchev–Trinajstić information content (AvgIpc) is 2.61. The fraction of sp³-hybridized carbons (Fsp3) is 0.261. The zero-order valence-electron chi connectivity index (χ0n) is 15.0. The summed E-state index contributed by atoms with van der Waals surface area (Å²) in [6.45, 7) is 7.49. The van der Waals surface area contributed by atoms with Gasteiger partial charge in [0.1, 0.15) is 5.75 Å². The molecule has 0 heterocycles. The maximum Gasteiger partial charge on any atom is 0.338 e. The van der Waals surface area contributed by atoms with Crippen molar-refractivity contribution >= 4 is 27.5 Å². The lowest BCUT2D eigenvalue weighted by Crippen LogP contribution is -2.07. The molecule has 0 saturated heterocycles. The Kier molecular flexibility index (Phi) is 5.18. The largest absolute Gasteiger partial charge is 0.423 e. The van der Waals surface area contributed by atoms with Crippen molar-refractivity contribution in [3.63, 3.8) is 0 Å². The molecule has 2 heteroatoms. The van der Waals surface area contributed by atoms with E-state index in [-0.39, 0.29) is 0 Å². The van der Waals surface area contributed by atoms with Gasteiger partial charge < -0.3 is 4.74 Å². The third-order valence-electron chi connectivity index (χ3n) is 4.50. The molecule has 0 aliphatic rings. The van der Waals surface area contributed by atoms with Gasteiger partial charge in [-0.15, -0.1) is 0 Å². The summed E-state index contributed by atoms with van der Waals surface area (Å²) in [5.41, 5.74) is 1.79. The van der Waals surface area contributed by atoms with Crippen molar-refractivity contribution < 1.29 is 9.53 Å². The standard InChI is InChI=1S/C23H24O2/c1-4-5-6-7-17-8-12-21-18(14-17)9-10-19-15-20(11-13-22(19)21)25-23(24)16(2)3/h8-15H,2,4-7H2,1,3H3. The highest BCUT2D eigenvalue weighted by molar-refractivity contribution is 6.08. The fourth-order valence-corrected chi connectivity index (χ4v) is 3.09. The van der Waals surface area contributed by atoms with Crippen LogP contribution in [0, 0.1) is 0 Å². The van der Waals surface area contributed by atoms with Crippen LogP contribution in [-0.4, -0.2) is 5.97 Å². The number of aryl methyl sites for hydroxylation is 1. The molecule has 0 saturated carbocycles. The molecular formula is C23H24O2. The first-order valence-corrected chi connectivity index (χ1v) is 8.91. The van der Waals surface area contributed by atoms with Crippen LogP contribution in [0.25, 0.3) is 21.5 Å². The minimum Gasteiger partial charge on any atom is -0.423 e. The zero-order chi connectivity index (χ0) is 17.8. The molecule has 3 aromatic carbocycles. The SMILES string of the molecule is C=C(C)C(=O)Oc1ccc2c(ccc3cc(CCCCC)ccc32)c1. The second-order valence-corrected chi connectivity index (χ2v) is 6.63. The van der Waals surface area contributed by atoms with E-state index in [2.05, 4.69) is 43.8 Å². The molecule has 0 atom stereocenters. The van der Waals surface area contributed by atoms with Crippen LogP contribution in [0.3, 0.4) is 0 Å². The number of hydrogen-bond acceptors (Lipinski definition) is 2. The Balaban J connectivity index is 1.92. The highest BCUT2D eigenvalue weighted by Crippen LogP contribution is 2.29. The van der Waals surface area contributed by atoms with E-state index >= 15 is 0 Å². The summed E-state index contributed by atoms with van der Waals surface area (Å²) in [5.74, 6) is 0.160. The third kappa shape index (κ3) is 3.90. The number of carbonyl (C=O) groups is 1. The Morgan fingerprint density at radius 1 is 0.960 bits per heavy atom. The van der Waals surface area contributed by atoms with E-state index in [4.69, 9.17) is 4.74 Å². The van der Waals surface area contributed by atoms with Gasteiger partial charge >= 0.3 is 5.97 Å².